The number of rotatable bonds is 2. The standard InChI is InChI=1S/C14H17BrN2O2S2/c1-9(2)20-14-16-12-7-21(18,19)8-13(12)17(14)11-5-3-4-10(15)6-11/h3-6,9,12-13H,7-8H2,1-2H3. The summed E-state index contributed by atoms with van der Waals surface area (Å²) in [4.78, 5) is 6.79. The van der Waals surface area contributed by atoms with Gasteiger partial charge in [-0.05, 0) is 18.2 Å². The van der Waals surface area contributed by atoms with E-state index in [1.54, 1.807) is 11.8 Å². The normalized spacial score (nSPS) is 27.0. The highest BCUT2D eigenvalue weighted by atomic mass is 79.9. The summed E-state index contributed by atoms with van der Waals surface area (Å²) in [6, 6.07) is 7.77. The number of anilines is 1. The molecule has 0 N–H and O–H groups in total. The van der Waals surface area contributed by atoms with Gasteiger partial charge in [-0.1, -0.05) is 47.6 Å². The Bertz CT molecular complexity index is 688. The van der Waals surface area contributed by atoms with E-state index in [1.807, 2.05) is 24.3 Å². The van der Waals surface area contributed by atoms with Gasteiger partial charge in [0.2, 0.25) is 0 Å². The molecule has 0 bridgehead atoms. The monoisotopic (exact) mass is 388 g/mol. The van der Waals surface area contributed by atoms with E-state index in [-0.39, 0.29) is 23.6 Å². The summed E-state index contributed by atoms with van der Waals surface area (Å²) in [7, 11) is -2.98. The molecule has 2 aliphatic heterocycles. The fraction of sp³-hybridized carbons (Fsp3) is 0.500. The molecule has 0 spiro atoms. The lowest BCUT2D eigenvalue weighted by atomic mass is 10.1. The molecule has 1 fully saturated rings. The molecule has 114 valence electrons. The Morgan fingerprint density at radius 2 is 2.14 bits per heavy atom. The first-order valence-corrected chi connectivity index (χ1v) is 10.3. The Morgan fingerprint density at radius 3 is 2.81 bits per heavy atom. The summed E-state index contributed by atoms with van der Waals surface area (Å²) >= 11 is 5.18. The van der Waals surface area contributed by atoms with Crippen LogP contribution in [0, 0.1) is 0 Å². The highest BCUT2D eigenvalue weighted by molar-refractivity contribution is 9.10. The second-order valence-electron chi connectivity index (χ2n) is 5.64. The van der Waals surface area contributed by atoms with Crippen LogP contribution in [-0.4, -0.2) is 42.4 Å². The number of hydrogen-bond acceptors (Lipinski definition) is 5. The first-order valence-electron chi connectivity index (χ1n) is 6.85. The molecule has 7 heteroatoms. The number of thioether (sulfide) groups is 1. The third-order valence-corrected chi connectivity index (χ3v) is 6.71. The van der Waals surface area contributed by atoms with Crippen LogP contribution in [0.1, 0.15) is 13.8 Å². The third-order valence-electron chi connectivity index (χ3n) is 3.54. The predicted molar refractivity (Wildman–Crippen MR) is 93.0 cm³/mol. The molecule has 2 atom stereocenters. The van der Waals surface area contributed by atoms with Crippen molar-refractivity contribution >= 4 is 48.4 Å². The second kappa shape index (κ2) is 5.59. The number of amidine groups is 1. The minimum absolute atomic E-state index is 0.0643. The SMILES string of the molecule is CC(C)SC1=NC2CS(=O)(=O)CC2N1c1cccc(Br)c1. The lowest BCUT2D eigenvalue weighted by Crippen LogP contribution is -2.39. The van der Waals surface area contributed by atoms with Crippen LogP contribution in [-0.2, 0) is 9.84 Å². The highest BCUT2D eigenvalue weighted by Gasteiger charge is 2.47. The zero-order valence-corrected chi connectivity index (χ0v) is 15.1. The molecule has 0 radical (unpaired) electrons. The van der Waals surface area contributed by atoms with Gasteiger partial charge in [0.25, 0.3) is 0 Å². The lowest BCUT2D eigenvalue weighted by molar-refractivity contribution is 0.601. The first kappa shape index (κ1) is 15.4. The Morgan fingerprint density at radius 1 is 1.38 bits per heavy atom. The average molecular weight is 389 g/mol. The van der Waals surface area contributed by atoms with E-state index in [4.69, 9.17) is 0 Å². The van der Waals surface area contributed by atoms with Gasteiger partial charge in [-0.2, -0.15) is 0 Å². The van der Waals surface area contributed by atoms with Crippen molar-refractivity contribution in [2.24, 2.45) is 4.99 Å². The molecule has 1 aromatic carbocycles. The zero-order valence-electron chi connectivity index (χ0n) is 11.9. The van der Waals surface area contributed by atoms with Crippen molar-refractivity contribution in [2.75, 3.05) is 16.4 Å². The van der Waals surface area contributed by atoms with Crippen LogP contribution in [0.25, 0.3) is 0 Å². The lowest BCUT2D eigenvalue weighted by Gasteiger charge is -2.27. The molecular weight excluding hydrogens is 372 g/mol. The maximum atomic E-state index is 11.9. The molecule has 0 saturated carbocycles. The van der Waals surface area contributed by atoms with Gasteiger partial charge in [0.1, 0.15) is 0 Å². The Labute approximate surface area is 138 Å². The maximum absolute atomic E-state index is 11.9. The zero-order chi connectivity index (χ0) is 15.2. The van der Waals surface area contributed by atoms with E-state index < -0.39 is 9.84 Å². The second-order valence-corrected chi connectivity index (χ2v) is 10.3. The molecular formula is C14H17BrN2O2S2. The molecule has 2 heterocycles. The van der Waals surface area contributed by atoms with Crippen LogP contribution in [0.3, 0.4) is 0 Å². The summed E-state index contributed by atoms with van der Waals surface area (Å²) in [5.41, 5.74) is 1.00. The summed E-state index contributed by atoms with van der Waals surface area (Å²) in [6.45, 7) is 4.24. The summed E-state index contributed by atoms with van der Waals surface area (Å²) in [5, 5.41) is 1.35. The molecule has 0 aliphatic carbocycles. The van der Waals surface area contributed by atoms with Gasteiger partial charge in [0, 0.05) is 15.4 Å². The quantitative estimate of drug-likeness (QED) is 0.781. The molecule has 2 unspecified atom stereocenters. The molecule has 1 aromatic rings. The van der Waals surface area contributed by atoms with Gasteiger partial charge in [-0.25, -0.2) is 8.42 Å². The highest BCUT2D eigenvalue weighted by Crippen LogP contribution is 2.36. The van der Waals surface area contributed by atoms with E-state index in [0.29, 0.717) is 5.25 Å². The van der Waals surface area contributed by atoms with Crippen molar-refractivity contribution in [3.05, 3.63) is 28.7 Å². The number of aliphatic imine (C=N–C) groups is 1. The van der Waals surface area contributed by atoms with E-state index in [2.05, 4.69) is 39.7 Å². The molecule has 3 rings (SSSR count). The Hall–Kier alpha value is -0.530. The van der Waals surface area contributed by atoms with Gasteiger partial charge in [0.05, 0.1) is 23.6 Å². The van der Waals surface area contributed by atoms with Crippen molar-refractivity contribution in [2.45, 2.75) is 31.2 Å². The largest absolute Gasteiger partial charge is 0.315 e. The van der Waals surface area contributed by atoms with E-state index in [1.165, 1.54) is 0 Å². The molecule has 0 amide bonds. The Kier molecular flexibility index (Phi) is 4.09. The van der Waals surface area contributed by atoms with Crippen LogP contribution < -0.4 is 4.90 Å². The van der Waals surface area contributed by atoms with Crippen molar-refractivity contribution in [3.63, 3.8) is 0 Å². The van der Waals surface area contributed by atoms with E-state index >= 15 is 0 Å². The predicted octanol–water partition coefficient (Wildman–Crippen LogP) is 2.93. The van der Waals surface area contributed by atoms with Gasteiger partial charge in [0.15, 0.2) is 15.0 Å². The molecule has 21 heavy (non-hydrogen) atoms. The summed E-state index contributed by atoms with van der Waals surface area (Å²) in [6.07, 6.45) is 0. The van der Waals surface area contributed by atoms with Crippen LogP contribution in [0.2, 0.25) is 0 Å². The van der Waals surface area contributed by atoms with Gasteiger partial charge in [-0.15, -0.1) is 0 Å². The van der Waals surface area contributed by atoms with Crippen LogP contribution in [0.15, 0.2) is 33.7 Å². The van der Waals surface area contributed by atoms with Crippen molar-refractivity contribution in [1.29, 1.82) is 0 Å². The van der Waals surface area contributed by atoms with Gasteiger partial charge < -0.3 is 4.90 Å². The van der Waals surface area contributed by atoms with Crippen molar-refractivity contribution < 1.29 is 8.42 Å². The fourth-order valence-corrected chi connectivity index (χ4v) is 5.96. The van der Waals surface area contributed by atoms with E-state index in [9.17, 15) is 8.42 Å². The minimum atomic E-state index is -2.98. The van der Waals surface area contributed by atoms with Crippen molar-refractivity contribution in [3.8, 4) is 0 Å². The average Bonchev–Trinajstić information content (AvgIpc) is 2.79. The fourth-order valence-electron chi connectivity index (χ4n) is 2.75. The number of benzene rings is 1. The third kappa shape index (κ3) is 3.14. The Balaban J connectivity index is 2.00. The molecule has 2 aliphatic rings. The topological polar surface area (TPSA) is 49.7 Å². The molecule has 1 saturated heterocycles. The van der Waals surface area contributed by atoms with Crippen molar-refractivity contribution in [1.82, 2.24) is 0 Å². The maximum Gasteiger partial charge on any atom is 0.164 e. The summed E-state index contributed by atoms with van der Waals surface area (Å²) < 4.78 is 24.8. The van der Waals surface area contributed by atoms with Gasteiger partial charge >= 0.3 is 0 Å². The number of halogens is 1. The van der Waals surface area contributed by atoms with Crippen LogP contribution in [0.4, 0.5) is 5.69 Å². The summed E-state index contributed by atoms with van der Waals surface area (Å²) in [5.74, 6) is 0.361. The number of fused-ring (bicyclic) bond motifs is 1. The van der Waals surface area contributed by atoms with E-state index in [0.717, 1.165) is 15.3 Å². The number of sulfone groups is 1. The smallest absolute Gasteiger partial charge is 0.164 e. The van der Waals surface area contributed by atoms with Gasteiger partial charge in [-0.3, -0.25) is 4.99 Å². The molecule has 0 aromatic heterocycles. The minimum Gasteiger partial charge on any atom is -0.315 e. The number of nitrogens with zero attached hydrogens (tertiary/aromatic N) is 2. The number of hydrogen-bond donors (Lipinski definition) is 0. The molecule has 4 nitrogen and oxygen atoms in total. The van der Waals surface area contributed by atoms with Crippen LogP contribution in [0.5, 0.6) is 0 Å². The first-order chi connectivity index (χ1) is 9.85. The van der Waals surface area contributed by atoms with Crippen LogP contribution >= 0.6 is 27.7 Å².